The highest BCUT2D eigenvalue weighted by Crippen LogP contribution is 2.43. The highest BCUT2D eigenvalue weighted by Gasteiger charge is 2.32. The monoisotopic (exact) mass is 285 g/mol. The van der Waals surface area contributed by atoms with Crippen molar-refractivity contribution in [2.45, 2.75) is 25.7 Å². The molecule has 1 aliphatic carbocycles. The van der Waals surface area contributed by atoms with E-state index in [2.05, 4.69) is 0 Å². The van der Waals surface area contributed by atoms with Gasteiger partial charge in [0.15, 0.2) is 5.78 Å². The van der Waals surface area contributed by atoms with Crippen LogP contribution < -0.4 is 0 Å². The molecule has 21 heavy (non-hydrogen) atoms. The predicted octanol–water partition coefficient (Wildman–Crippen LogP) is 3.48. The molecular weight excluding hydrogens is 269 g/mol. The van der Waals surface area contributed by atoms with Crippen LogP contribution >= 0.6 is 0 Å². The van der Waals surface area contributed by atoms with Crippen LogP contribution in [0.3, 0.4) is 0 Å². The number of carbonyl (C=O) groups is 2. The molecule has 0 saturated heterocycles. The summed E-state index contributed by atoms with van der Waals surface area (Å²) in [4.78, 5) is 24.4. The normalized spacial score (nSPS) is 14.2. The third-order valence-corrected chi connectivity index (χ3v) is 3.96. The van der Waals surface area contributed by atoms with Gasteiger partial charge in [-0.2, -0.15) is 0 Å². The Hall–Kier alpha value is -2.23. The lowest BCUT2D eigenvalue weighted by atomic mass is 10.1. The maximum Gasteiger partial charge on any atom is 0.212 e. The first kappa shape index (κ1) is 13.7. The largest absolute Gasteiger partial charge is 0.338 e. The Labute approximate surface area is 122 Å². The lowest BCUT2D eigenvalue weighted by Crippen LogP contribution is -2.12. The Balaban J connectivity index is 2.11. The Morgan fingerprint density at radius 1 is 1.24 bits per heavy atom. The molecule has 4 heteroatoms. The maximum atomic E-state index is 13.8. The molecule has 0 amide bonds. The number of Topliss-reactive ketones (excluding diaryl/α,β-unsaturated/α-hetero) is 1. The highest BCUT2D eigenvalue weighted by molar-refractivity contribution is 6.09. The lowest BCUT2D eigenvalue weighted by molar-refractivity contribution is 0.100. The summed E-state index contributed by atoms with van der Waals surface area (Å²) < 4.78 is 15.4. The minimum Gasteiger partial charge on any atom is -0.338 e. The number of rotatable bonds is 4. The molecule has 1 aliphatic rings. The van der Waals surface area contributed by atoms with Crippen molar-refractivity contribution in [3.8, 4) is 0 Å². The Bertz CT molecular complexity index is 741. The number of hydrogen-bond donors (Lipinski definition) is 0. The van der Waals surface area contributed by atoms with Crippen LogP contribution in [0.4, 0.5) is 4.39 Å². The quantitative estimate of drug-likeness (QED) is 0.807. The van der Waals surface area contributed by atoms with Gasteiger partial charge in [-0.15, -0.1) is 0 Å². The van der Waals surface area contributed by atoms with E-state index >= 15 is 0 Å². The molecule has 2 aromatic rings. The van der Waals surface area contributed by atoms with Crippen molar-refractivity contribution in [2.24, 2.45) is 7.05 Å². The second-order valence-corrected chi connectivity index (χ2v) is 5.53. The number of ketones is 2. The molecule has 108 valence electrons. The molecule has 0 aliphatic heterocycles. The fourth-order valence-corrected chi connectivity index (χ4v) is 2.77. The summed E-state index contributed by atoms with van der Waals surface area (Å²) in [6.07, 6.45) is 2.08. The van der Waals surface area contributed by atoms with Crippen LogP contribution in [0.15, 0.2) is 30.3 Å². The molecule has 0 radical (unpaired) electrons. The van der Waals surface area contributed by atoms with Gasteiger partial charge in [0.25, 0.3) is 0 Å². The summed E-state index contributed by atoms with van der Waals surface area (Å²) in [6.45, 7) is 1.50. The van der Waals surface area contributed by atoms with Crippen molar-refractivity contribution in [3.63, 3.8) is 0 Å². The van der Waals surface area contributed by atoms with Gasteiger partial charge < -0.3 is 4.57 Å². The number of carbonyl (C=O) groups excluding carboxylic acids is 2. The van der Waals surface area contributed by atoms with Crippen LogP contribution in [0.25, 0.3) is 0 Å². The number of benzene rings is 1. The number of nitrogens with zero attached hydrogens (tertiary/aromatic N) is 1. The van der Waals surface area contributed by atoms with Crippen molar-refractivity contribution >= 4 is 11.6 Å². The van der Waals surface area contributed by atoms with Crippen LogP contribution in [-0.2, 0) is 7.05 Å². The van der Waals surface area contributed by atoms with E-state index in [9.17, 15) is 14.0 Å². The summed E-state index contributed by atoms with van der Waals surface area (Å²) >= 11 is 0. The SMILES string of the molecule is CC(=O)c1c(C2CC2)cc(C(=O)c2ccccc2F)n1C. The molecular formula is C17H16FNO2. The standard InChI is InChI=1S/C17H16FNO2/c1-10(20)16-13(11-7-8-11)9-15(19(16)2)17(21)12-5-3-4-6-14(12)18/h3-6,9,11H,7-8H2,1-2H3. The van der Waals surface area contributed by atoms with Gasteiger partial charge in [0.2, 0.25) is 5.78 Å². The molecule has 3 nitrogen and oxygen atoms in total. The number of aromatic nitrogens is 1. The molecule has 1 saturated carbocycles. The average molecular weight is 285 g/mol. The summed E-state index contributed by atoms with van der Waals surface area (Å²) in [5, 5.41) is 0. The van der Waals surface area contributed by atoms with Crippen LogP contribution in [0.5, 0.6) is 0 Å². The van der Waals surface area contributed by atoms with Gasteiger partial charge in [-0.05, 0) is 42.5 Å². The lowest BCUT2D eigenvalue weighted by Gasteiger charge is -2.06. The van der Waals surface area contributed by atoms with E-state index in [0.29, 0.717) is 17.3 Å². The van der Waals surface area contributed by atoms with E-state index in [1.807, 2.05) is 0 Å². The smallest absolute Gasteiger partial charge is 0.212 e. The van der Waals surface area contributed by atoms with Gasteiger partial charge in [0.05, 0.1) is 17.0 Å². The van der Waals surface area contributed by atoms with Crippen LogP contribution in [0.2, 0.25) is 0 Å². The molecule has 0 unspecified atom stereocenters. The molecule has 0 spiro atoms. The zero-order valence-electron chi connectivity index (χ0n) is 12.0. The first-order valence-electron chi connectivity index (χ1n) is 7.00. The fraction of sp³-hybridized carbons (Fsp3) is 0.294. The van der Waals surface area contributed by atoms with Gasteiger partial charge in [-0.1, -0.05) is 12.1 Å². The van der Waals surface area contributed by atoms with Crippen LogP contribution in [0, 0.1) is 5.82 Å². The zero-order valence-corrected chi connectivity index (χ0v) is 12.0. The van der Waals surface area contributed by atoms with Crippen molar-refractivity contribution < 1.29 is 14.0 Å². The first-order chi connectivity index (χ1) is 10.0. The van der Waals surface area contributed by atoms with E-state index < -0.39 is 5.82 Å². The van der Waals surface area contributed by atoms with E-state index in [1.165, 1.54) is 19.1 Å². The second-order valence-electron chi connectivity index (χ2n) is 5.53. The topological polar surface area (TPSA) is 39.1 Å². The van der Waals surface area contributed by atoms with Crippen molar-refractivity contribution in [1.29, 1.82) is 0 Å². The van der Waals surface area contributed by atoms with Gasteiger partial charge in [-0.25, -0.2) is 4.39 Å². The van der Waals surface area contributed by atoms with E-state index in [1.54, 1.807) is 29.8 Å². The Morgan fingerprint density at radius 2 is 1.90 bits per heavy atom. The van der Waals surface area contributed by atoms with Crippen molar-refractivity contribution in [1.82, 2.24) is 4.57 Å². The molecule has 1 aromatic heterocycles. The summed E-state index contributed by atoms with van der Waals surface area (Å²) in [5.41, 5.74) is 1.89. The minimum atomic E-state index is -0.541. The van der Waals surface area contributed by atoms with Crippen molar-refractivity contribution in [2.75, 3.05) is 0 Å². The Morgan fingerprint density at radius 3 is 2.48 bits per heavy atom. The van der Waals surface area contributed by atoms with Gasteiger partial charge in [-0.3, -0.25) is 9.59 Å². The maximum absolute atomic E-state index is 13.8. The summed E-state index contributed by atoms with van der Waals surface area (Å²) in [7, 11) is 1.69. The van der Waals surface area contributed by atoms with Crippen LogP contribution in [0.1, 0.15) is 57.8 Å². The van der Waals surface area contributed by atoms with Crippen molar-refractivity contribution in [3.05, 3.63) is 58.7 Å². The van der Waals surface area contributed by atoms with E-state index in [0.717, 1.165) is 18.4 Å². The van der Waals surface area contributed by atoms with E-state index in [4.69, 9.17) is 0 Å². The van der Waals surface area contributed by atoms with Gasteiger partial charge in [0.1, 0.15) is 5.82 Å². The number of halogens is 1. The highest BCUT2D eigenvalue weighted by atomic mass is 19.1. The molecule has 1 heterocycles. The molecule has 0 bridgehead atoms. The van der Waals surface area contributed by atoms with Gasteiger partial charge >= 0.3 is 0 Å². The third-order valence-electron chi connectivity index (χ3n) is 3.96. The fourth-order valence-electron chi connectivity index (χ4n) is 2.77. The minimum absolute atomic E-state index is 0.0375. The first-order valence-corrected chi connectivity index (χ1v) is 7.00. The zero-order chi connectivity index (χ0) is 15.1. The number of hydrogen-bond acceptors (Lipinski definition) is 2. The second kappa shape index (κ2) is 4.95. The Kier molecular flexibility index (Phi) is 3.24. The van der Waals surface area contributed by atoms with E-state index in [-0.39, 0.29) is 17.1 Å². The molecule has 0 atom stereocenters. The molecule has 1 fully saturated rings. The third kappa shape index (κ3) is 2.31. The molecule has 1 aromatic carbocycles. The summed E-state index contributed by atoms with van der Waals surface area (Å²) in [6, 6.07) is 7.67. The van der Waals surface area contributed by atoms with Crippen LogP contribution in [-0.4, -0.2) is 16.1 Å². The molecule has 0 N–H and O–H groups in total. The predicted molar refractivity (Wildman–Crippen MR) is 77.2 cm³/mol. The average Bonchev–Trinajstić information content (AvgIpc) is 3.22. The summed E-state index contributed by atoms with van der Waals surface area (Å²) in [5.74, 6) is -0.629. The van der Waals surface area contributed by atoms with Gasteiger partial charge in [0, 0.05) is 14.0 Å². The molecule has 3 rings (SSSR count).